The van der Waals surface area contributed by atoms with Crippen molar-refractivity contribution in [3.05, 3.63) is 42.2 Å². The number of hydrogen-bond acceptors (Lipinski definition) is 3. The third-order valence-electron chi connectivity index (χ3n) is 2.76. The second kappa shape index (κ2) is 4.96. The van der Waals surface area contributed by atoms with Gasteiger partial charge in [0.25, 0.3) is 5.91 Å². The molecule has 0 aliphatic rings. The minimum Gasteiger partial charge on any atom is -0.497 e. The number of carbonyl (C=O) groups is 1. The SMILES string of the molecule is C=CCNC(=O)c1oc2ccc(OC)cc2c1C. The fourth-order valence-corrected chi connectivity index (χ4v) is 1.79. The lowest BCUT2D eigenvalue weighted by molar-refractivity contribution is 0.0931. The van der Waals surface area contributed by atoms with E-state index in [4.69, 9.17) is 9.15 Å². The van der Waals surface area contributed by atoms with Gasteiger partial charge >= 0.3 is 0 Å². The van der Waals surface area contributed by atoms with Crippen molar-refractivity contribution in [3.8, 4) is 5.75 Å². The van der Waals surface area contributed by atoms with E-state index in [0.717, 1.165) is 16.7 Å². The second-order valence-corrected chi connectivity index (χ2v) is 3.92. The number of benzene rings is 1. The van der Waals surface area contributed by atoms with Crippen molar-refractivity contribution in [2.75, 3.05) is 13.7 Å². The zero-order valence-electron chi connectivity index (χ0n) is 10.4. The van der Waals surface area contributed by atoms with Crippen LogP contribution in [-0.2, 0) is 0 Å². The highest BCUT2D eigenvalue weighted by atomic mass is 16.5. The quantitative estimate of drug-likeness (QED) is 0.842. The molecular formula is C14H15NO3. The van der Waals surface area contributed by atoms with Gasteiger partial charge in [-0.25, -0.2) is 0 Å². The summed E-state index contributed by atoms with van der Waals surface area (Å²) >= 11 is 0. The van der Waals surface area contributed by atoms with Crippen LogP contribution in [0.5, 0.6) is 5.75 Å². The van der Waals surface area contributed by atoms with Crippen molar-refractivity contribution in [2.24, 2.45) is 0 Å². The van der Waals surface area contributed by atoms with Crippen LogP contribution in [0, 0.1) is 6.92 Å². The summed E-state index contributed by atoms with van der Waals surface area (Å²) in [4.78, 5) is 11.9. The van der Waals surface area contributed by atoms with E-state index in [1.54, 1.807) is 25.3 Å². The highest BCUT2D eigenvalue weighted by molar-refractivity contribution is 5.99. The van der Waals surface area contributed by atoms with E-state index in [9.17, 15) is 4.79 Å². The molecule has 1 heterocycles. The number of nitrogens with one attached hydrogen (secondary N) is 1. The Bertz CT molecular complexity index is 598. The largest absolute Gasteiger partial charge is 0.497 e. The van der Waals surface area contributed by atoms with Crippen LogP contribution in [-0.4, -0.2) is 19.6 Å². The molecule has 0 aliphatic heterocycles. The molecule has 0 spiro atoms. The molecule has 0 saturated heterocycles. The first-order chi connectivity index (χ1) is 8.67. The van der Waals surface area contributed by atoms with Crippen LogP contribution in [0.3, 0.4) is 0 Å². The molecule has 18 heavy (non-hydrogen) atoms. The fourth-order valence-electron chi connectivity index (χ4n) is 1.79. The highest BCUT2D eigenvalue weighted by Crippen LogP contribution is 2.28. The Hall–Kier alpha value is -2.23. The average Bonchev–Trinajstić information content (AvgIpc) is 2.73. The van der Waals surface area contributed by atoms with Crippen LogP contribution >= 0.6 is 0 Å². The number of amides is 1. The zero-order chi connectivity index (χ0) is 13.1. The molecule has 4 nitrogen and oxygen atoms in total. The van der Waals surface area contributed by atoms with Gasteiger partial charge in [0.1, 0.15) is 11.3 Å². The van der Waals surface area contributed by atoms with Gasteiger partial charge in [-0.3, -0.25) is 4.79 Å². The van der Waals surface area contributed by atoms with Gasteiger partial charge in [0.2, 0.25) is 0 Å². The number of furan rings is 1. The summed E-state index contributed by atoms with van der Waals surface area (Å²) in [6, 6.07) is 5.46. The minimum absolute atomic E-state index is 0.234. The van der Waals surface area contributed by atoms with Gasteiger partial charge in [-0.05, 0) is 25.1 Å². The Morgan fingerprint density at radius 3 is 3.00 bits per heavy atom. The molecule has 2 aromatic rings. The lowest BCUT2D eigenvalue weighted by Gasteiger charge is -1.99. The molecule has 0 fully saturated rings. The van der Waals surface area contributed by atoms with Gasteiger partial charge in [-0.15, -0.1) is 6.58 Å². The third kappa shape index (κ3) is 2.09. The maximum absolute atomic E-state index is 11.9. The fraction of sp³-hybridized carbons (Fsp3) is 0.214. The molecule has 1 aromatic heterocycles. The molecule has 94 valence electrons. The van der Waals surface area contributed by atoms with Crippen molar-refractivity contribution in [1.82, 2.24) is 5.32 Å². The Morgan fingerprint density at radius 2 is 2.33 bits per heavy atom. The number of ether oxygens (including phenoxy) is 1. The molecule has 0 unspecified atom stereocenters. The third-order valence-corrected chi connectivity index (χ3v) is 2.76. The second-order valence-electron chi connectivity index (χ2n) is 3.92. The average molecular weight is 245 g/mol. The number of hydrogen-bond donors (Lipinski definition) is 1. The maximum atomic E-state index is 11.9. The van der Waals surface area contributed by atoms with Crippen LogP contribution < -0.4 is 10.1 Å². The molecule has 4 heteroatoms. The smallest absolute Gasteiger partial charge is 0.287 e. The normalized spacial score (nSPS) is 10.3. The monoisotopic (exact) mass is 245 g/mol. The number of carbonyl (C=O) groups excluding carboxylic acids is 1. The summed E-state index contributed by atoms with van der Waals surface area (Å²) < 4.78 is 10.7. The van der Waals surface area contributed by atoms with Gasteiger partial charge in [0.15, 0.2) is 5.76 Å². The Balaban J connectivity index is 2.43. The van der Waals surface area contributed by atoms with E-state index in [1.807, 2.05) is 13.0 Å². The van der Waals surface area contributed by atoms with Crippen molar-refractivity contribution in [2.45, 2.75) is 6.92 Å². The molecule has 0 aliphatic carbocycles. The summed E-state index contributed by atoms with van der Waals surface area (Å²) in [7, 11) is 1.61. The lowest BCUT2D eigenvalue weighted by atomic mass is 10.1. The summed E-state index contributed by atoms with van der Waals surface area (Å²) in [5, 5.41) is 3.58. The van der Waals surface area contributed by atoms with Crippen molar-refractivity contribution >= 4 is 16.9 Å². The molecule has 1 N–H and O–H groups in total. The maximum Gasteiger partial charge on any atom is 0.287 e. The minimum atomic E-state index is -0.234. The van der Waals surface area contributed by atoms with E-state index < -0.39 is 0 Å². The van der Waals surface area contributed by atoms with Crippen molar-refractivity contribution < 1.29 is 13.9 Å². The molecule has 0 radical (unpaired) electrons. The Kier molecular flexibility index (Phi) is 3.37. The lowest BCUT2D eigenvalue weighted by Crippen LogP contribution is -2.23. The molecule has 2 rings (SSSR count). The van der Waals surface area contributed by atoms with Crippen LogP contribution in [0.15, 0.2) is 35.3 Å². The predicted octanol–water partition coefficient (Wildman–Crippen LogP) is 2.67. The predicted molar refractivity (Wildman–Crippen MR) is 70.0 cm³/mol. The molecule has 0 atom stereocenters. The number of methoxy groups -OCH3 is 1. The highest BCUT2D eigenvalue weighted by Gasteiger charge is 2.17. The van der Waals surface area contributed by atoms with E-state index in [1.165, 1.54) is 0 Å². The first-order valence-electron chi connectivity index (χ1n) is 5.63. The van der Waals surface area contributed by atoms with E-state index in [-0.39, 0.29) is 5.91 Å². The van der Waals surface area contributed by atoms with Gasteiger partial charge in [-0.1, -0.05) is 6.08 Å². The zero-order valence-corrected chi connectivity index (χ0v) is 10.4. The van der Waals surface area contributed by atoms with Crippen LogP contribution in [0.4, 0.5) is 0 Å². The number of fused-ring (bicyclic) bond motifs is 1. The summed E-state index contributed by atoms with van der Waals surface area (Å²) in [6.45, 7) is 5.82. The molecule has 0 bridgehead atoms. The van der Waals surface area contributed by atoms with Gasteiger partial charge < -0.3 is 14.5 Å². The molecule has 1 amide bonds. The van der Waals surface area contributed by atoms with Crippen molar-refractivity contribution in [3.63, 3.8) is 0 Å². The van der Waals surface area contributed by atoms with Crippen molar-refractivity contribution in [1.29, 1.82) is 0 Å². The number of rotatable bonds is 4. The summed E-state index contributed by atoms with van der Waals surface area (Å²) in [5.74, 6) is 0.840. The molecule has 0 saturated carbocycles. The van der Waals surface area contributed by atoms with Gasteiger partial charge in [0.05, 0.1) is 7.11 Å². The summed E-state index contributed by atoms with van der Waals surface area (Å²) in [6.07, 6.45) is 1.62. The van der Waals surface area contributed by atoms with Crippen LogP contribution in [0.25, 0.3) is 11.0 Å². The standard InChI is InChI=1S/C14H15NO3/c1-4-7-15-14(16)13-9(2)11-8-10(17-3)5-6-12(11)18-13/h4-6,8H,1,7H2,2-3H3,(H,15,16). The number of aryl methyl sites for hydroxylation is 1. The first-order valence-corrected chi connectivity index (χ1v) is 5.63. The topological polar surface area (TPSA) is 51.5 Å². The van der Waals surface area contributed by atoms with E-state index in [2.05, 4.69) is 11.9 Å². The van der Waals surface area contributed by atoms with Crippen LogP contribution in [0.1, 0.15) is 16.1 Å². The summed E-state index contributed by atoms with van der Waals surface area (Å²) in [5.41, 5.74) is 1.49. The van der Waals surface area contributed by atoms with Crippen LogP contribution in [0.2, 0.25) is 0 Å². The van der Waals surface area contributed by atoms with Gasteiger partial charge in [-0.2, -0.15) is 0 Å². The first kappa shape index (κ1) is 12.2. The van der Waals surface area contributed by atoms with Gasteiger partial charge in [0, 0.05) is 17.5 Å². The van der Waals surface area contributed by atoms with E-state index in [0.29, 0.717) is 17.9 Å². The molecular weight excluding hydrogens is 230 g/mol. The Morgan fingerprint density at radius 1 is 1.56 bits per heavy atom. The molecule has 1 aromatic carbocycles. The van der Waals surface area contributed by atoms with E-state index >= 15 is 0 Å². The Labute approximate surface area is 105 Å².